The number of imidazole rings is 1. The molecule has 0 aliphatic heterocycles. The molecule has 10 heteroatoms. The highest BCUT2D eigenvalue weighted by molar-refractivity contribution is 7.99. The predicted octanol–water partition coefficient (Wildman–Crippen LogP) is 3.00. The Kier molecular flexibility index (Phi) is 7.61. The molecule has 0 saturated carbocycles. The number of thioether (sulfide) groups is 1. The molecule has 3 rings (SSSR count). The number of hydrogen-bond acceptors (Lipinski definition) is 5. The van der Waals surface area contributed by atoms with Gasteiger partial charge in [0.25, 0.3) is 5.91 Å². The third-order valence-electron chi connectivity index (χ3n) is 4.38. The zero-order chi connectivity index (χ0) is 23.1. The number of halogens is 1. The molecule has 0 fully saturated rings. The number of likely N-dealkylation sites (N-methyl/N-ethyl adjacent to an activating group) is 1. The average Bonchev–Trinajstić information content (AvgIpc) is 3.18. The van der Waals surface area contributed by atoms with Gasteiger partial charge >= 0.3 is 0 Å². The van der Waals surface area contributed by atoms with E-state index in [2.05, 4.69) is 15.6 Å². The second kappa shape index (κ2) is 10.6. The van der Waals surface area contributed by atoms with E-state index in [9.17, 15) is 18.8 Å². The van der Waals surface area contributed by atoms with Gasteiger partial charge in [0.15, 0.2) is 5.16 Å². The van der Waals surface area contributed by atoms with Crippen LogP contribution in [0.25, 0.3) is 0 Å². The second-order valence-corrected chi connectivity index (χ2v) is 7.89. The predicted molar refractivity (Wildman–Crippen MR) is 121 cm³/mol. The molecule has 0 aliphatic rings. The Labute approximate surface area is 188 Å². The van der Waals surface area contributed by atoms with Crippen molar-refractivity contribution in [2.24, 2.45) is 7.05 Å². The van der Waals surface area contributed by atoms with E-state index in [-0.39, 0.29) is 24.1 Å². The van der Waals surface area contributed by atoms with Gasteiger partial charge in [-0.05, 0) is 48.5 Å². The fourth-order valence-electron chi connectivity index (χ4n) is 2.76. The van der Waals surface area contributed by atoms with Crippen LogP contribution in [0.5, 0.6) is 0 Å². The standard InChI is InChI=1S/C22H22FN5O3S/c1-27-12-11-24-22(27)32-14-20(30)26-17-7-3-15(4-8-17)21(31)28(2)13-19(29)25-18-9-5-16(23)6-10-18/h3-12H,13-14H2,1-2H3,(H,25,29)(H,26,30). The number of nitrogens with one attached hydrogen (secondary N) is 2. The van der Waals surface area contributed by atoms with Gasteiger partial charge in [0, 0.05) is 43.4 Å². The van der Waals surface area contributed by atoms with Crippen LogP contribution in [0.3, 0.4) is 0 Å². The maximum Gasteiger partial charge on any atom is 0.254 e. The summed E-state index contributed by atoms with van der Waals surface area (Å²) in [5.41, 5.74) is 1.38. The number of aromatic nitrogens is 2. The van der Waals surface area contributed by atoms with Crippen molar-refractivity contribution in [2.75, 3.05) is 30.0 Å². The molecule has 166 valence electrons. The zero-order valence-corrected chi connectivity index (χ0v) is 18.4. The molecule has 8 nitrogen and oxygen atoms in total. The van der Waals surface area contributed by atoms with Crippen LogP contribution in [-0.4, -0.2) is 51.5 Å². The topological polar surface area (TPSA) is 96.3 Å². The molecule has 1 aromatic heterocycles. The molecule has 2 aromatic carbocycles. The number of nitrogens with zero attached hydrogens (tertiary/aromatic N) is 3. The van der Waals surface area contributed by atoms with E-state index in [0.29, 0.717) is 16.9 Å². The first-order valence-corrected chi connectivity index (χ1v) is 10.6. The summed E-state index contributed by atoms with van der Waals surface area (Å²) in [5, 5.41) is 6.12. The molecule has 0 spiro atoms. The van der Waals surface area contributed by atoms with E-state index in [4.69, 9.17) is 0 Å². The highest BCUT2D eigenvalue weighted by Crippen LogP contribution is 2.16. The van der Waals surface area contributed by atoms with Gasteiger partial charge in [-0.1, -0.05) is 11.8 Å². The summed E-state index contributed by atoms with van der Waals surface area (Å²) >= 11 is 1.32. The van der Waals surface area contributed by atoms with E-state index in [1.54, 1.807) is 36.7 Å². The Morgan fingerprint density at radius 3 is 2.19 bits per heavy atom. The number of carbonyl (C=O) groups is 3. The van der Waals surface area contributed by atoms with Crippen molar-refractivity contribution in [1.82, 2.24) is 14.5 Å². The smallest absolute Gasteiger partial charge is 0.254 e. The number of aryl methyl sites for hydroxylation is 1. The third-order valence-corrected chi connectivity index (χ3v) is 5.44. The molecule has 0 unspecified atom stereocenters. The fourth-order valence-corrected chi connectivity index (χ4v) is 3.49. The summed E-state index contributed by atoms with van der Waals surface area (Å²) in [6, 6.07) is 11.8. The molecular weight excluding hydrogens is 433 g/mol. The van der Waals surface area contributed by atoms with E-state index < -0.39 is 11.7 Å². The Morgan fingerprint density at radius 1 is 1.00 bits per heavy atom. The van der Waals surface area contributed by atoms with Gasteiger partial charge in [0.1, 0.15) is 5.82 Å². The molecule has 1 heterocycles. The van der Waals surface area contributed by atoms with Crippen LogP contribution < -0.4 is 10.6 Å². The number of carbonyl (C=O) groups excluding carboxylic acids is 3. The number of rotatable bonds is 8. The van der Waals surface area contributed by atoms with Crippen LogP contribution in [0.15, 0.2) is 66.1 Å². The number of hydrogen-bond donors (Lipinski definition) is 2. The van der Waals surface area contributed by atoms with Crippen molar-refractivity contribution >= 4 is 40.9 Å². The Morgan fingerprint density at radius 2 is 1.59 bits per heavy atom. The molecule has 3 aromatic rings. The average molecular weight is 456 g/mol. The van der Waals surface area contributed by atoms with Gasteiger partial charge in [-0.25, -0.2) is 9.37 Å². The Balaban J connectivity index is 1.48. The van der Waals surface area contributed by atoms with Crippen molar-refractivity contribution in [3.05, 3.63) is 72.3 Å². The number of anilines is 2. The van der Waals surface area contributed by atoms with Gasteiger partial charge in [-0.15, -0.1) is 0 Å². The quantitative estimate of drug-likeness (QED) is 0.509. The van der Waals surface area contributed by atoms with Crippen molar-refractivity contribution in [3.8, 4) is 0 Å². The van der Waals surface area contributed by atoms with Crippen LogP contribution in [0, 0.1) is 5.82 Å². The monoisotopic (exact) mass is 455 g/mol. The van der Waals surface area contributed by atoms with Crippen molar-refractivity contribution in [2.45, 2.75) is 5.16 Å². The molecule has 0 aliphatic carbocycles. The molecule has 2 N–H and O–H groups in total. The minimum Gasteiger partial charge on any atom is -0.332 e. The van der Waals surface area contributed by atoms with Gasteiger partial charge in [0.05, 0.1) is 12.3 Å². The molecule has 0 bridgehead atoms. The maximum absolute atomic E-state index is 12.9. The van der Waals surface area contributed by atoms with Crippen LogP contribution in [0.4, 0.5) is 15.8 Å². The number of amides is 3. The second-order valence-electron chi connectivity index (χ2n) is 6.95. The molecule has 0 radical (unpaired) electrons. The van der Waals surface area contributed by atoms with Gasteiger partial charge in [-0.3, -0.25) is 14.4 Å². The highest BCUT2D eigenvalue weighted by atomic mass is 32.2. The summed E-state index contributed by atoms with van der Waals surface area (Å²) in [6.45, 7) is -0.168. The first-order chi connectivity index (χ1) is 15.3. The van der Waals surface area contributed by atoms with E-state index in [1.807, 2.05) is 11.6 Å². The molecule has 0 saturated heterocycles. The van der Waals surface area contributed by atoms with E-state index in [0.717, 1.165) is 5.16 Å². The van der Waals surface area contributed by atoms with Crippen molar-refractivity contribution in [1.29, 1.82) is 0 Å². The summed E-state index contributed by atoms with van der Waals surface area (Å²) in [7, 11) is 3.36. The maximum atomic E-state index is 12.9. The van der Waals surface area contributed by atoms with Crippen LogP contribution in [-0.2, 0) is 16.6 Å². The van der Waals surface area contributed by atoms with Crippen LogP contribution in [0.1, 0.15) is 10.4 Å². The summed E-state index contributed by atoms with van der Waals surface area (Å²) in [5.74, 6) is -1.13. The summed E-state index contributed by atoms with van der Waals surface area (Å²) < 4.78 is 14.8. The lowest BCUT2D eigenvalue weighted by atomic mass is 10.2. The van der Waals surface area contributed by atoms with Crippen LogP contribution >= 0.6 is 11.8 Å². The minimum atomic E-state index is -0.401. The Bertz CT molecular complexity index is 1100. The lowest BCUT2D eigenvalue weighted by molar-refractivity contribution is -0.116. The zero-order valence-electron chi connectivity index (χ0n) is 17.5. The minimum absolute atomic E-state index is 0.168. The Hall–Kier alpha value is -3.66. The lowest BCUT2D eigenvalue weighted by Crippen LogP contribution is -2.34. The number of benzene rings is 2. The van der Waals surface area contributed by atoms with Gasteiger partial charge < -0.3 is 20.1 Å². The SMILES string of the molecule is CN(CC(=O)Nc1ccc(F)cc1)C(=O)c1ccc(NC(=O)CSc2nccn2C)cc1. The van der Waals surface area contributed by atoms with Crippen molar-refractivity contribution in [3.63, 3.8) is 0 Å². The molecule has 32 heavy (non-hydrogen) atoms. The van der Waals surface area contributed by atoms with Gasteiger partial charge in [-0.2, -0.15) is 0 Å². The molecule has 3 amide bonds. The summed E-state index contributed by atoms with van der Waals surface area (Å²) in [4.78, 5) is 42.3. The van der Waals surface area contributed by atoms with E-state index in [1.165, 1.54) is 48.0 Å². The molecular formula is C22H22FN5O3S. The van der Waals surface area contributed by atoms with Crippen LogP contribution in [0.2, 0.25) is 0 Å². The largest absolute Gasteiger partial charge is 0.332 e. The van der Waals surface area contributed by atoms with Gasteiger partial charge in [0.2, 0.25) is 11.8 Å². The lowest BCUT2D eigenvalue weighted by Gasteiger charge is -2.17. The highest BCUT2D eigenvalue weighted by Gasteiger charge is 2.15. The van der Waals surface area contributed by atoms with Crippen molar-refractivity contribution < 1.29 is 18.8 Å². The van der Waals surface area contributed by atoms with E-state index >= 15 is 0 Å². The fraction of sp³-hybridized carbons (Fsp3) is 0.182. The third kappa shape index (κ3) is 6.42. The normalized spacial score (nSPS) is 10.5. The first kappa shape index (κ1) is 23.0. The first-order valence-electron chi connectivity index (χ1n) is 9.63. The molecule has 0 atom stereocenters. The summed E-state index contributed by atoms with van der Waals surface area (Å²) in [6.07, 6.45) is 3.47.